The van der Waals surface area contributed by atoms with Gasteiger partial charge in [-0.25, -0.2) is 4.79 Å². The number of hydrogen-bond donors (Lipinski definition) is 8. The van der Waals surface area contributed by atoms with Crippen LogP contribution in [0.4, 0.5) is 0 Å². The molecule has 0 fully saturated rings. The Hall–Kier alpha value is -3.75. The molecule has 0 aromatic rings. The summed E-state index contributed by atoms with van der Waals surface area (Å²) in [6.07, 6.45) is -1.75. The van der Waals surface area contributed by atoms with Crippen LogP contribution in [-0.4, -0.2) is 70.7 Å². The van der Waals surface area contributed by atoms with Crippen molar-refractivity contribution in [1.82, 2.24) is 16.0 Å². The van der Waals surface area contributed by atoms with E-state index in [-0.39, 0.29) is 38.5 Å². The van der Waals surface area contributed by atoms with E-state index in [0.29, 0.717) is 0 Å². The summed E-state index contributed by atoms with van der Waals surface area (Å²) in [6, 6.07) is -5.21. The Morgan fingerprint density at radius 3 is 1.24 bits per heavy atom. The van der Waals surface area contributed by atoms with E-state index in [1.165, 1.54) is 6.92 Å². The van der Waals surface area contributed by atoms with Gasteiger partial charge in [0.1, 0.15) is 18.1 Å². The number of carboxylic acids is 1. The van der Waals surface area contributed by atoms with Gasteiger partial charge in [-0.3, -0.25) is 28.8 Å². The zero-order valence-corrected chi connectivity index (χ0v) is 18.2. The third-order valence-electron chi connectivity index (χ3n) is 4.33. The maximum Gasteiger partial charge on any atom is 0.326 e. The van der Waals surface area contributed by atoms with Crippen molar-refractivity contribution in [2.24, 2.45) is 22.9 Å². The standard InChI is InChI=1S/C18H31N7O8/c1-8(19)15(29)23-9(2-5-12(20)26)16(30)24-10(3-6-13(21)27)17(31)25-11(18(32)33)4-7-14(22)28/h8-11H,2-7,19H2,1H3,(H2,20,26)(H2,21,27)(H2,22,28)(H,23,29)(H,24,30)(H,25,31)(H,32,33). The summed E-state index contributed by atoms with van der Waals surface area (Å²) >= 11 is 0. The first kappa shape index (κ1) is 29.2. The first-order chi connectivity index (χ1) is 15.2. The van der Waals surface area contributed by atoms with Crippen LogP contribution in [0.2, 0.25) is 0 Å². The van der Waals surface area contributed by atoms with Crippen LogP contribution in [0.15, 0.2) is 0 Å². The highest BCUT2D eigenvalue weighted by Gasteiger charge is 2.30. The van der Waals surface area contributed by atoms with Crippen LogP contribution in [0.3, 0.4) is 0 Å². The van der Waals surface area contributed by atoms with Crippen molar-refractivity contribution in [1.29, 1.82) is 0 Å². The van der Waals surface area contributed by atoms with Gasteiger partial charge in [0.2, 0.25) is 35.4 Å². The normalized spacial score (nSPS) is 14.1. The van der Waals surface area contributed by atoms with Crippen LogP contribution in [0, 0.1) is 0 Å². The predicted molar refractivity (Wildman–Crippen MR) is 112 cm³/mol. The maximum atomic E-state index is 12.7. The summed E-state index contributed by atoms with van der Waals surface area (Å²) in [5, 5.41) is 16.0. The fourth-order valence-electron chi connectivity index (χ4n) is 2.50. The second kappa shape index (κ2) is 14.3. The van der Waals surface area contributed by atoms with Crippen molar-refractivity contribution in [2.45, 2.75) is 69.6 Å². The van der Waals surface area contributed by atoms with Gasteiger partial charge in [0.15, 0.2) is 0 Å². The second-order valence-electron chi connectivity index (χ2n) is 7.33. The Bertz CT molecular complexity index is 771. The van der Waals surface area contributed by atoms with Crippen molar-refractivity contribution in [2.75, 3.05) is 0 Å². The molecule has 0 heterocycles. The molecule has 15 heteroatoms. The highest BCUT2D eigenvalue weighted by atomic mass is 16.4. The average Bonchev–Trinajstić information content (AvgIpc) is 2.69. The van der Waals surface area contributed by atoms with Crippen molar-refractivity contribution in [3.63, 3.8) is 0 Å². The summed E-state index contributed by atoms with van der Waals surface area (Å²) in [5.41, 5.74) is 20.6. The lowest BCUT2D eigenvalue weighted by atomic mass is 10.1. The molecule has 4 unspecified atom stereocenters. The number of carbonyl (C=O) groups is 7. The molecule has 0 aliphatic heterocycles. The third kappa shape index (κ3) is 12.6. The lowest BCUT2D eigenvalue weighted by Crippen LogP contribution is -2.57. The van der Waals surface area contributed by atoms with Crippen LogP contribution < -0.4 is 38.9 Å². The monoisotopic (exact) mass is 473 g/mol. The highest BCUT2D eigenvalue weighted by molar-refractivity contribution is 5.94. The van der Waals surface area contributed by atoms with Crippen LogP contribution in [0.5, 0.6) is 0 Å². The Morgan fingerprint density at radius 2 is 0.939 bits per heavy atom. The van der Waals surface area contributed by atoms with E-state index in [2.05, 4.69) is 16.0 Å². The number of hydrogen-bond acceptors (Lipinski definition) is 8. The molecule has 0 radical (unpaired) electrons. The Kier molecular flexibility index (Phi) is 12.7. The fourth-order valence-corrected chi connectivity index (χ4v) is 2.50. The molecule has 12 N–H and O–H groups in total. The lowest BCUT2D eigenvalue weighted by Gasteiger charge is -2.24. The zero-order chi connectivity index (χ0) is 25.7. The summed E-state index contributed by atoms with van der Waals surface area (Å²) in [4.78, 5) is 81.8. The van der Waals surface area contributed by atoms with Crippen LogP contribution in [0.1, 0.15) is 45.4 Å². The molecule has 0 saturated carbocycles. The van der Waals surface area contributed by atoms with E-state index in [9.17, 15) is 38.7 Å². The molecule has 0 aliphatic carbocycles. The van der Waals surface area contributed by atoms with Crippen LogP contribution in [0.25, 0.3) is 0 Å². The Labute approximate surface area is 189 Å². The largest absolute Gasteiger partial charge is 0.480 e. The van der Waals surface area contributed by atoms with Gasteiger partial charge in [0.25, 0.3) is 0 Å². The molecule has 33 heavy (non-hydrogen) atoms. The van der Waals surface area contributed by atoms with Crippen molar-refractivity contribution in [3.05, 3.63) is 0 Å². The number of rotatable bonds is 16. The molecule has 0 aromatic heterocycles. The quantitative estimate of drug-likeness (QED) is 0.107. The van der Waals surface area contributed by atoms with Gasteiger partial charge in [-0.1, -0.05) is 0 Å². The number of carboxylic acid groups (broad SMARTS) is 1. The third-order valence-corrected chi connectivity index (χ3v) is 4.33. The van der Waals surface area contributed by atoms with Crippen molar-refractivity contribution < 1.29 is 38.7 Å². The Morgan fingerprint density at radius 1 is 0.636 bits per heavy atom. The number of nitrogens with one attached hydrogen (secondary N) is 3. The second-order valence-corrected chi connectivity index (χ2v) is 7.33. The zero-order valence-electron chi connectivity index (χ0n) is 18.2. The topological polar surface area (TPSA) is 280 Å². The van der Waals surface area contributed by atoms with Gasteiger partial charge in [-0.2, -0.15) is 0 Å². The smallest absolute Gasteiger partial charge is 0.326 e. The van der Waals surface area contributed by atoms with Gasteiger partial charge in [0, 0.05) is 19.3 Å². The molecule has 0 bridgehead atoms. The fraction of sp³-hybridized carbons (Fsp3) is 0.611. The number of primary amides is 3. The van der Waals surface area contributed by atoms with Crippen LogP contribution in [-0.2, 0) is 33.6 Å². The van der Waals surface area contributed by atoms with Gasteiger partial charge in [-0.05, 0) is 26.2 Å². The van der Waals surface area contributed by atoms with Gasteiger partial charge >= 0.3 is 5.97 Å². The first-order valence-electron chi connectivity index (χ1n) is 9.99. The number of aliphatic carboxylic acids is 1. The van der Waals surface area contributed by atoms with E-state index in [0.717, 1.165) is 0 Å². The van der Waals surface area contributed by atoms with Gasteiger partial charge in [0.05, 0.1) is 6.04 Å². The number of carbonyl (C=O) groups excluding carboxylic acids is 6. The summed E-state index contributed by atoms with van der Waals surface area (Å²) in [6.45, 7) is 1.36. The SMILES string of the molecule is CC(N)C(=O)NC(CCC(N)=O)C(=O)NC(CCC(N)=O)C(=O)NC(CCC(N)=O)C(=O)O. The summed E-state index contributed by atoms with van der Waals surface area (Å²) < 4.78 is 0. The number of amides is 6. The molecule has 0 aliphatic rings. The Balaban J connectivity index is 5.54. The molecule has 0 saturated heterocycles. The molecular weight excluding hydrogens is 442 g/mol. The molecule has 15 nitrogen and oxygen atoms in total. The van der Waals surface area contributed by atoms with E-state index in [4.69, 9.17) is 22.9 Å². The predicted octanol–water partition coefficient (Wildman–Crippen LogP) is -4.33. The molecular formula is C18H31N7O8. The average molecular weight is 473 g/mol. The van der Waals surface area contributed by atoms with Gasteiger partial charge < -0.3 is 44.0 Å². The minimum atomic E-state index is -1.50. The van der Waals surface area contributed by atoms with E-state index in [1.807, 2.05) is 0 Å². The molecule has 0 rings (SSSR count). The van der Waals surface area contributed by atoms with Crippen molar-refractivity contribution >= 4 is 41.4 Å². The molecule has 0 aromatic carbocycles. The van der Waals surface area contributed by atoms with Gasteiger partial charge in [-0.15, -0.1) is 0 Å². The molecule has 6 amide bonds. The van der Waals surface area contributed by atoms with E-state index < -0.39 is 65.6 Å². The highest BCUT2D eigenvalue weighted by Crippen LogP contribution is 2.05. The summed E-state index contributed by atoms with van der Waals surface area (Å²) in [7, 11) is 0. The van der Waals surface area contributed by atoms with E-state index in [1.54, 1.807) is 0 Å². The first-order valence-corrected chi connectivity index (χ1v) is 9.99. The number of nitrogens with two attached hydrogens (primary N) is 4. The lowest BCUT2D eigenvalue weighted by molar-refractivity contribution is -0.142. The minimum absolute atomic E-state index is 0.208. The molecule has 186 valence electrons. The van der Waals surface area contributed by atoms with E-state index >= 15 is 0 Å². The minimum Gasteiger partial charge on any atom is -0.480 e. The summed E-state index contributed by atoms with van der Waals surface area (Å²) in [5.74, 6) is -6.36. The molecule has 4 atom stereocenters. The van der Waals surface area contributed by atoms with Crippen molar-refractivity contribution in [3.8, 4) is 0 Å². The maximum absolute atomic E-state index is 12.7. The van der Waals surface area contributed by atoms with Crippen LogP contribution >= 0.6 is 0 Å². The molecule has 0 spiro atoms.